The maximum atomic E-state index is 6.35. The summed E-state index contributed by atoms with van der Waals surface area (Å²) in [5, 5.41) is 0. The van der Waals surface area contributed by atoms with Gasteiger partial charge in [0.2, 0.25) is 0 Å². The van der Waals surface area contributed by atoms with Crippen molar-refractivity contribution in [1.82, 2.24) is 9.55 Å². The number of halogens is 1. The zero-order valence-corrected chi connectivity index (χ0v) is 14.2. The lowest BCUT2D eigenvalue weighted by atomic mass is 10.1. The van der Waals surface area contributed by atoms with Gasteiger partial charge < -0.3 is 10.3 Å². The summed E-state index contributed by atoms with van der Waals surface area (Å²) < 4.78 is 3.19. The number of anilines is 1. The summed E-state index contributed by atoms with van der Waals surface area (Å²) in [6, 6.07) is 6.59. The lowest BCUT2D eigenvalue weighted by Gasteiger charge is -2.13. The maximum absolute atomic E-state index is 6.35. The molecule has 0 saturated carbocycles. The van der Waals surface area contributed by atoms with Crippen LogP contribution in [-0.2, 0) is 6.42 Å². The molecule has 0 atom stereocenters. The van der Waals surface area contributed by atoms with Crippen LogP contribution in [0.25, 0.3) is 11.3 Å². The minimum atomic E-state index is 0.321. The van der Waals surface area contributed by atoms with E-state index in [2.05, 4.69) is 66.4 Å². The fourth-order valence-corrected chi connectivity index (χ4v) is 3.16. The summed E-state index contributed by atoms with van der Waals surface area (Å²) in [4.78, 5) is 4.79. The summed E-state index contributed by atoms with van der Waals surface area (Å²) in [6.07, 6.45) is 2.02. The molecule has 0 aliphatic carbocycles. The number of hydrogen-bond donors (Lipinski definition) is 1. The second-order valence-electron chi connectivity index (χ2n) is 5.46. The number of imidazole rings is 1. The monoisotopic (exact) mass is 335 g/mol. The molecule has 0 saturated heterocycles. The van der Waals surface area contributed by atoms with Gasteiger partial charge in [-0.3, -0.25) is 0 Å². The molecule has 20 heavy (non-hydrogen) atoms. The van der Waals surface area contributed by atoms with Crippen LogP contribution in [0.4, 0.5) is 5.82 Å². The predicted molar refractivity (Wildman–Crippen MR) is 88.9 cm³/mol. The summed E-state index contributed by atoms with van der Waals surface area (Å²) >= 11 is 3.62. The van der Waals surface area contributed by atoms with Crippen molar-refractivity contribution in [2.75, 3.05) is 5.73 Å². The van der Waals surface area contributed by atoms with Gasteiger partial charge in [0, 0.05) is 22.5 Å². The molecule has 0 spiro atoms. The Balaban J connectivity index is 2.60. The third-order valence-corrected chi connectivity index (χ3v) is 4.05. The van der Waals surface area contributed by atoms with E-state index in [1.807, 2.05) is 0 Å². The number of rotatable bonds is 4. The zero-order chi connectivity index (χ0) is 14.9. The first-order chi connectivity index (χ1) is 9.45. The van der Waals surface area contributed by atoms with Crippen molar-refractivity contribution in [3.05, 3.63) is 34.1 Å². The largest absolute Gasteiger partial charge is 0.383 e. The Labute approximate surface area is 129 Å². The van der Waals surface area contributed by atoms with Crippen molar-refractivity contribution in [2.24, 2.45) is 0 Å². The van der Waals surface area contributed by atoms with Crippen LogP contribution in [0.2, 0.25) is 0 Å². The first-order valence-electron chi connectivity index (χ1n) is 7.08. The quantitative estimate of drug-likeness (QED) is 0.877. The highest BCUT2D eigenvalue weighted by Crippen LogP contribution is 2.34. The molecule has 108 valence electrons. The molecule has 1 aromatic heterocycles. The minimum Gasteiger partial charge on any atom is -0.383 e. The highest BCUT2D eigenvalue weighted by atomic mass is 79.9. The molecule has 2 N–H and O–H groups in total. The molecule has 3 nitrogen and oxygen atoms in total. The smallest absolute Gasteiger partial charge is 0.132 e. The van der Waals surface area contributed by atoms with E-state index in [0.29, 0.717) is 6.04 Å². The van der Waals surface area contributed by atoms with Gasteiger partial charge in [0.15, 0.2) is 0 Å². The van der Waals surface area contributed by atoms with E-state index in [9.17, 15) is 0 Å². The fourth-order valence-electron chi connectivity index (χ4n) is 2.48. The summed E-state index contributed by atoms with van der Waals surface area (Å²) in [5.74, 6) is 1.83. The Hall–Kier alpha value is -1.29. The number of nitrogen functional groups attached to an aromatic ring is 1. The van der Waals surface area contributed by atoms with Crippen LogP contribution in [0.3, 0.4) is 0 Å². The standard InChI is InChI=1S/C16H22BrN3/c1-5-6-14-19-15(16(18)20(14)10(2)3)12-8-7-11(4)9-13(12)17/h7-10H,5-6,18H2,1-4H3. The number of nitrogens with two attached hydrogens (primary N) is 1. The van der Waals surface area contributed by atoms with E-state index in [1.165, 1.54) is 5.56 Å². The third kappa shape index (κ3) is 2.75. The predicted octanol–water partition coefficient (Wildman–Crippen LogP) is 4.74. The van der Waals surface area contributed by atoms with Crippen LogP contribution >= 0.6 is 15.9 Å². The Morgan fingerprint density at radius 2 is 2.05 bits per heavy atom. The summed E-state index contributed by atoms with van der Waals surface area (Å²) in [6.45, 7) is 8.53. The second-order valence-corrected chi connectivity index (χ2v) is 6.31. The van der Waals surface area contributed by atoms with E-state index in [0.717, 1.165) is 40.2 Å². The molecule has 0 fully saturated rings. The van der Waals surface area contributed by atoms with Crippen LogP contribution < -0.4 is 5.73 Å². The lowest BCUT2D eigenvalue weighted by Crippen LogP contribution is -2.09. The topological polar surface area (TPSA) is 43.8 Å². The van der Waals surface area contributed by atoms with Crippen molar-refractivity contribution in [3.63, 3.8) is 0 Å². The Bertz CT molecular complexity index is 614. The molecule has 0 bridgehead atoms. The average molecular weight is 336 g/mol. The van der Waals surface area contributed by atoms with Crippen LogP contribution in [0.15, 0.2) is 22.7 Å². The molecular weight excluding hydrogens is 314 g/mol. The Morgan fingerprint density at radius 3 is 2.60 bits per heavy atom. The van der Waals surface area contributed by atoms with Gasteiger partial charge in [-0.15, -0.1) is 0 Å². The van der Waals surface area contributed by atoms with Gasteiger partial charge in [-0.1, -0.05) is 35.0 Å². The first kappa shape index (κ1) is 15.1. The normalized spacial score (nSPS) is 11.3. The van der Waals surface area contributed by atoms with Crippen LogP contribution in [-0.4, -0.2) is 9.55 Å². The van der Waals surface area contributed by atoms with Gasteiger partial charge >= 0.3 is 0 Å². The van der Waals surface area contributed by atoms with Gasteiger partial charge in [0.05, 0.1) is 0 Å². The Morgan fingerprint density at radius 1 is 1.35 bits per heavy atom. The molecule has 2 rings (SSSR count). The number of aryl methyl sites for hydroxylation is 2. The molecule has 1 heterocycles. The van der Waals surface area contributed by atoms with Gasteiger partial charge in [-0.25, -0.2) is 4.98 Å². The van der Waals surface area contributed by atoms with Crippen LogP contribution in [0, 0.1) is 6.92 Å². The summed E-state index contributed by atoms with van der Waals surface area (Å²) in [5.41, 5.74) is 9.52. The van der Waals surface area contributed by atoms with E-state index in [1.54, 1.807) is 0 Å². The molecule has 1 aromatic carbocycles. The van der Waals surface area contributed by atoms with E-state index in [-0.39, 0.29) is 0 Å². The molecular formula is C16H22BrN3. The van der Waals surface area contributed by atoms with Crippen molar-refractivity contribution in [2.45, 2.75) is 46.6 Å². The van der Waals surface area contributed by atoms with E-state index < -0.39 is 0 Å². The average Bonchev–Trinajstić information content (AvgIpc) is 2.67. The molecule has 0 radical (unpaired) electrons. The van der Waals surface area contributed by atoms with Gasteiger partial charge in [0.25, 0.3) is 0 Å². The summed E-state index contributed by atoms with van der Waals surface area (Å²) in [7, 11) is 0. The molecule has 2 aromatic rings. The van der Waals surface area contributed by atoms with Gasteiger partial charge in [-0.05, 0) is 38.8 Å². The minimum absolute atomic E-state index is 0.321. The van der Waals surface area contributed by atoms with Crippen molar-refractivity contribution in [3.8, 4) is 11.3 Å². The molecule has 0 amide bonds. The molecule has 0 aliphatic rings. The van der Waals surface area contributed by atoms with Crippen LogP contribution in [0.5, 0.6) is 0 Å². The molecule has 0 unspecified atom stereocenters. The van der Waals surface area contributed by atoms with Crippen molar-refractivity contribution >= 4 is 21.7 Å². The first-order valence-corrected chi connectivity index (χ1v) is 7.88. The molecule has 0 aliphatic heterocycles. The molecule has 4 heteroatoms. The van der Waals surface area contributed by atoms with Crippen molar-refractivity contribution < 1.29 is 0 Å². The van der Waals surface area contributed by atoms with Gasteiger partial charge in [0.1, 0.15) is 17.3 Å². The number of hydrogen-bond acceptors (Lipinski definition) is 2. The number of nitrogens with zero attached hydrogens (tertiary/aromatic N) is 2. The van der Waals surface area contributed by atoms with Gasteiger partial charge in [-0.2, -0.15) is 0 Å². The second kappa shape index (κ2) is 6.00. The van der Waals surface area contributed by atoms with Crippen LogP contribution in [0.1, 0.15) is 44.6 Å². The van der Waals surface area contributed by atoms with E-state index >= 15 is 0 Å². The lowest BCUT2D eigenvalue weighted by molar-refractivity contribution is 0.571. The SMILES string of the molecule is CCCc1nc(-c2ccc(C)cc2Br)c(N)n1C(C)C. The zero-order valence-electron chi connectivity index (χ0n) is 12.6. The number of benzene rings is 1. The maximum Gasteiger partial charge on any atom is 0.132 e. The highest BCUT2D eigenvalue weighted by molar-refractivity contribution is 9.10. The van der Waals surface area contributed by atoms with E-state index in [4.69, 9.17) is 10.7 Å². The third-order valence-electron chi connectivity index (χ3n) is 3.39. The highest BCUT2D eigenvalue weighted by Gasteiger charge is 2.19. The number of aromatic nitrogens is 2. The Kier molecular flexibility index (Phi) is 4.53. The fraction of sp³-hybridized carbons (Fsp3) is 0.438. The van der Waals surface area contributed by atoms with Crippen molar-refractivity contribution in [1.29, 1.82) is 0 Å².